The van der Waals surface area contributed by atoms with Gasteiger partial charge in [-0.1, -0.05) is 29.8 Å². The Morgan fingerprint density at radius 1 is 1.00 bits per heavy atom. The van der Waals surface area contributed by atoms with Crippen LogP contribution in [0.1, 0.15) is 0 Å². The summed E-state index contributed by atoms with van der Waals surface area (Å²) in [6, 6.07) is 14.7. The van der Waals surface area contributed by atoms with Crippen molar-refractivity contribution in [3.05, 3.63) is 53.6 Å². The van der Waals surface area contributed by atoms with Gasteiger partial charge in [-0.2, -0.15) is 0 Å². The van der Waals surface area contributed by atoms with Crippen LogP contribution >= 0.6 is 22.9 Å². The van der Waals surface area contributed by atoms with Gasteiger partial charge >= 0.3 is 0 Å². The normalized spacial score (nSPS) is 11.4. The lowest BCUT2D eigenvalue weighted by Gasteiger charge is -1.92. The van der Waals surface area contributed by atoms with E-state index in [1.807, 2.05) is 30.3 Å². The van der Waals surface area contributed by atoms with E-state index in [-0.39, 0.29) is 5.75 Å². The summed E-state index contributed by atoms with van der Waals surface area (Å²) in [5.74, 6) is 0.173. The van der Waals surface area contributed by atoms with Crippen molar-refractivity contribution in [2.24, 2.45) is 10.2 Å². The second-order valence-electron chi connectivity index (χ2n) is 3.93. The third kappa shape index (κ3) is 2.45. The van der Waals surface area contributed by atoms with E-state index in [9.17, 15) is 5.11 Å². The maximum Gasteiger partial charge on any atom is 0.181 e. The summed E-state index contributed by atoms with van der Waals surface area (Å²) in [7, 11) is 0. The van der Waals surface area contributed by atoms with Crippen molar-refractivity contribution in [3.63, 3.8) is 0 Å². The van der Waals surface area contributed by atoms with Gasteiger partial charge in [0.1, 0.15) is 0 Å². The van der Waals surface area contributed by atoms with Crippen molar-refractivity contribution in [2.75, 3.05) is 0 Å². The molecule has 2 aromatic carbocycles. The Kier molecular flexibility index (Phi) is 3.19. The fourth-order valence-corrected chi connectivity index (χ4v) is 2.83. The molecule has 0 radical (unpaired) electrons. The van der Waals surface area contributed by atoms with E-state index in [4.69, 9.17) is 11.6 Å². The van der Waals surface area contributed by atoms with E-state index in [0.29, 0.717) is 15.7 Å². The van der Waals surface area contributed by atoms with Crippen LogP contribution in [0.5, 0.6) is 5.75 Å². The number of fused-ring (bicyclic) bond motifs is 1. The maximum atomic E-state index is 10.1. The molecule has 19 heavy (non-hydrogen) atoms. The van der Waals surface area contributed by atoms with Crippen LogP contribution in [0.15, 0.2) is 58.8 Å². The van der Waals surface area contributed by atoms with Gasteiger partial charge in [0.2, 0.25) is 0 Å². The Labute approximate surface area is 118 Å². The molecule has 0 spiro atoms. The zero-order valence-electron chi connectivity index (χ0n) is 9.75. The van der Waals surface area contributed by atoms with Crippen LogP contribution in [0.3, 0.4) is 0 Å². The van der Waals surface area contributed by atoms with Crippen molar-refractivity contribution in [3.8, 4) is 5.75 Å². The predicted octanol–water partition coefficient (Wildman–Crippen LogP) is 5.68. The number of hydrogen-bond donors (Lipinski definition) is 1. The van der Waals surface area contributed by atoms with Gasteiger partial charge in [0.15, 0.2) is 10.8 Å². The fourth-order valence-electron chi connectivity index (χ4n) is 1.73. The molecular weight excluding hydrogens is 280 g/mol. The van der Waals surface area contributed by atoms with Gasteiger partial charge in [-0.05, 0) is 30.3 Å². The molecule has 3 nitrogen and oxygen atoms in total. The van der Waals surface area contributed by atoms with Crippen LogP contribution in [0.4, 0.5) is 10.7 Å². The summed E-state index contributed by atoms with van der Waals surface area (Å²) in [5, 5.41) is 20.1. The van der Waals surface area contributed by atoms with Gasteiger partial charge in [0.05, 0.1) is 5.69 Å². The minimum Gasteiger partial charge on any atom is -0.504 e. The molecule has 0 aliphatic heterocycles. The van der Waals surface area contributed by atoms with Gasteiger partial charge in [0, 0.05) is 15.1 Å². The molecule has 1 heterocycles. The average Bonchev–Trinajstić information content (AvgIpc) is 2.74. The Hall–Kier alpha value is -1.91. The van der Waals surface area contributed by atoms with Crippen molar-refractivity contribution in [1.29, 1.82) is 0 Å². The van der Waals surface area contributed by atoms with E-state index in [1.165, 1.54) is 11.3 Å². The molecule has 0 saturated carbocycles. The highest BCUT2D eigenvalue weighted by Crippen LogP contribution is 2.43. The van der Waals surface area contributed by atoms with E-state index in [1.54, 1.807) is 18.2 Å². The van der Waals surface area contributed by atoms with Crippen LogP contribution < -0.4 is 0 Å². The monoisotopic (exact) mass is 288 g/mol. The summed E-state index contributed by atoms with van der Waals surface area (Å²) < 4.78 is 0.986. The highest BCUT2D eigenvalue weighted by atomic mass is 35.5. The van der Waals surface area contributed by atoms with Crippen LogP contribution in [-0.4, -0.2) is 5.11 Å². The van der Waals surface area contributed by atoms with Gasteiger partial charge in [0.25, 0.3) is 0 Å². The molecule has 0 atom stereocenters. The summed E-state index contributed by atoms with van der Waals surface area (Å²) >= 11 is 7.28. The topological polar surface area (TPSA) is 45.0 Å². The standard InChI is InChI=1S/C14H9ClN2OS/c15-9-4-3-5-10(8-9)16-17-14-13(18)11-6-1-2-7-12(11)19-14/h1-8,18H. The third-order valence-corrected chi connectivity index (χ3v) is 3.90. The molecule has 0 bridgehead atoms. The Morgan fingerprint density at radius 2 is 1.84 bits per heavy atom. The SMILES string of the molecule is Oc1c(N=Nc2cccc(Cl)c2)sc2ccccc12. The number of benzene rings is 2. The zero-order chi connectivity index (χ0) is 13.2. The highest BCUT2D eigenvalue weighted by Gasteiger charge is 2.09. The number of aromatic hydroxyl groups is 1. The maximum absolute atomic E-state index is 10.1. The van der Waals surface area contributed by atoms with Gasteiger partial charge in [-0.25, -0.2) is 0 Å². The molecule has 0 unspecified atom stereocenters. The molecule has 0 saturated heterocycles. The number of hydrogen-bond acceptors (Lipinski definition) is 4. The number of nitrogens with zero attached hydrogens (tertiary/aromatic N) is 2. The predicted molar refractivity (Wildman–Crippen MR) is 79.1 cm³/mol. The van der Waals surface area contributed by atoms with Crippen molar-refractivity contribution < 1.29 is 5.11 Å². The first-order valence-corrected chi connectivity index (χ1v) is 6.81. The molecule has 3 aromatic rings. The first-order valence-electron chi connectivity index (χ1n) is 5.62. The fraction of sp³-hybridized carbons (Fsp3) is 0. The summed E-state index contributed by atoms with van der Waals surface area (Å²) in [5.41, 5.74) is 0.657. The third-order valence-electron chi connectivity index (χ3n) is 2.62. The lowest BCUT2D eigenvalue weighted by molar-refractivity contribution is 0.484. The second kappa shape index (κ2) is 4.99. The first-order chi connectivity index (χ1) is 9.24. The second-order valence-corrected chi connectivity index (χ2v) is 5.40. The molecule has 1 N–H and O–H groups in total. The lowest BCUT2D eigenvalue weighted by atomic mass is 10.2. The van der Waals surface area contributed by atoms with Crippen molar-refractivity contribution in [2.45, 2.75) is 0 Å². The van der Waals surface area contributed by atoms with E-state index in [2.05, 4.69) is 10.2 Å². The Bertz CT molecular complexity index is 767. The molecular formula is C14H9ClN2OS. The van der Waals surface area contributed by atoms with Crippen molar-refractivity contribution in [1.82, 2.24) is 0 Å². The first kappa shape index (κ1) is 12.1. The molecule has 0 aliphatic carbocycles. The van der Waals surface area contributed by atoms with E-state index >= 15 is 0 Å². The summed E-state index contributed by atoms with van der Waals surface area (Å²) in [6.45, 7) is 0. The minimum atomic E-state index is 0.173. The molecule has 1 aromatic heterocycles. The molecule has 5 heteroatoms. The largest absolute Gasteiger partial charge is 0.504 e. The molecule has 0 fully saturated rings. The average molecular weight is 289 g/mol. The van der Waals surface area contributed by atoms with Crippen molar-refractivity contribution >= 4 is 43.7 Å². The molecule has 3 rings (SSSR count). The molecule has 0 amide bonds. The lowest BCUT2D eigenvalue weighted by Crippen LogP contribution is -1.64. The quantitative estimate of drug-likeness (QED) is 0.606. The highest BCUT2D eigenvalue weighted by molar-refractivity contribution is 7.23. The number of thiophene rings is 1. The van der Waals surface area contributed by atoms with Crippen LogP contribution in [-0.2, 0) is 0 Å². The Morgan fingerprint density at radius 3 is 2.63 bits per heavy atom. The van der Waals surface area contributed by atoms with Gasteiger partial charge in [-0.15, -0.1) is 21.6 Å². The number of halogens is 1. The zero-order valence-corrected chi connectivity index (χ0v) is 11.3. The van der Waals surface area contributed by atoms with Crippen LogP contribution in [0.25, 0.3) is 10.1 Å². The summed E-state index contributed by atoms with van der Waals surface area (Å²) in [6.07, 6.45) is 0. The van der Waals surface area contributed by atoms with E-state index in [0.717, 1.165) is 10.1 Å². The minimum absolute atomic E-state index is 0.173. The van der Waals surface area contributed by atoms with Crippen LogP contribution in [0.2, 0.25) is 5.02 Å². The van der Waals surface area contributed by atoms with E-state index < -0.39 is 0 Å². The molecule has 0 aliphatic rings. The number of azo groups is 1. The number of rotatable bonds is 2. The Balaban J connectivity index is 1.99. The van der Waals surface area contributed by atoms with Crippen LogP contribution in [0, 0.1) is 0 Å². The summed E-state index contributed by atoms with van der Waals surface area (Å²) in [4.78, 5) is 0. The van der Waals surface area contributed by atoms with Gasteiger partial charge < -0.3 is 5.11 Å². The molecule has 94 valence electrons. The smallest absolute Gasteiger partial charge is 0.181 e. The van der Waals surface area contributed by atoms with Gasteiger partial charge in [-0.3, -0.25) is 0 Å².